The summed E-state index contributed by atoms with van der Waals surface area (Å²) in [6.45, 7) is 8.19. The third-order valence-electron chi connectivity index (χ3n) is 2.26. The lowest BCUT2D eigenvalue weighted by atomic mass is 10.0. The molecule has 0 fully saturated rings. The van der Waals surface area contributed by atoms with E-state index < -0.39 is 0 Å². The fourth-order valence-electron chi connectivity index (χ4n) is 1.30. The van der Waals surface area contributed by atoms with Crippen molar-refractivity contribution < 1.29 is 14.3 Å². The van der Waals surface area contributed by atoms with Crippen molar-refractivity contribution in [3.8, 4) is 0 Å². The number of esters is 1. The van der Waals surface area contributed by atoms with E-state index in [4.69, 9.17) is 9.47 Å². The van der Waals surface area contributed by atoms with Gasteiger partial charge in [0.2, 0.25) is 0 Å². The highest BCUT2D eigenvalue weighted by Gasteiger charge is 2.10. The highest BCUT2D eigenvalue weighted by atomic mass is 16.6. The largest absolute Gasteiger partial charge is 0.460 e. The molecule has 0 aliphatic heterocycles. The second-order valence-corrected chi connectivity index (χ2v) is 3.65. The maximum absolute atomic E-state index is 11.8. The van der Waals surface area contributed by atoms with Crippen LogP contribution < -0.4 is 0 Å². The van der Waals surface area contributed by atoms with Crippen LogP contribution in [0.5, 0.6) is 0 Å². The van der Waals surface area contributed by atoms with Crippen LogP contribution in [0.4, 0.5) is 0 Å². The number of allylic oxidation sites excluding steroid dienone is 3. The summed E-state index contributed by atoms with van der Waals surface area (Å²) in [6, 6.07) is 0. The summed E-state index contributed by atoms with van der Waals surface area (Å²) in [5, 5.41) is 0. The van der Waals surface area contributed by atoms with Gasteiger partial charge in [-0.1, -0.05) is 23.8 Å². The molecule has 0 rings (SSSR count). The number of rotatable bonds is 8. The van der Waals surface area contributed by atoms with Gasteiger partial charge in [-0.3, -0.25) is 0 Å². The molecule has 0 spiro atoms. The molecule has 3 nitrogen and oxygen atoms in total. The van der Waals surface area contributed by atoms with E-state index in [0.717, 1.165) is 18.4 Å². The molecular formula is C14H22O3. The number of hydrogen-bond acceptors (Lipinski definition) is 3. The van der Waals surface area contributed by atoms with Crippen LogP contribution in [0, 0.1) is 0 Å². The molecule has 0 N–H and O–H groups in total. The van der Waals surface area contributed by atoms with Crippen LogP contribution in [0.2, 0.25) is 0 Å². The van der Waals surface area contributed by atoms with Gasteiger partial charge in [0, 0.05) is 7.11 Å². The van der Waals surface area contributed by atoms with E-state index in [1.807, 2.05) is 26.0 Å². The highest BCUT2D eigenvalue weighted by Crippen LogP contribution is 2.14. The minimum atomic E-state index is -0.290. The molecule has 17 heavy (non-hydrogen) atoms. The minimum absolute atomic E-state index is 0.283. The summed E-state index contributed by atoms with van der Waals surface area (Å²) in [4.78, 5) is 11.8. The molecule has 0 aliphatic rings. The van der Waals surface area contributed by atoms with Crippen LogP contribution in [0.15, 0.2) is 36.0 Å². The van der Waals surface area contributed by atoms with Gasteiger partial charge in [0.25, 0.3) is 0 Å². The Morgan fingerprint density at radius 2 is 2.06 bits per heavy atom. The lowest BCUT2D eigenvalue weighted by Gasteiger charge is -2.08. The predicted octanol–water partition coefficient (Wildman–Crippen LogP) is 3.03. The Morgan fingerprint density at radius 3 is 2.59 bits per heavy atom. The van der Waals surface area contributed by atoms with Gasteiger partial charge in [0.15, 0.2) is 0 Å². The molecule has 0 radical (unpaired) electrons. The molecular weight excluding hydrogens is 216 g/mol. The normalized spacial score (nSPS) is 12.4. The molecule has 0 aromatic heterocycles. The smallest absolute Gasteiger partial charge is 0.338 e. The lowest BCUT2D eigenvalue weighted by Crippen LogP contribution is -2.12. The van der Waals surface area contributed by atoms with Crippen molar-refractivity contribution in [2.45, 2.75) is 26.7 Å². The van der Waals surface area contributed by atoms with Crippen molar-refractivity contribution in [2.75, 3.05) is 20.3 Å². The van der Waals surface area contributed by atoms with E-state index in [-0.39, 0.29) is 12.6 Å². The Labute approximate surface area is 104 Å². The van der Waals surface area contributed by atoms with E-state index >= 15 is 0 Å². The van der Waals surface area contributed by atoms with E-state index in [0.29, 0.717) is 12.2 Å². The molecule has 0 aromatic rings. The van der Waals surface area contributed by atoms with Gasteiger partial charge in [0.1, 0.15) is 6.61 Å². The molecule has 0 amide bonds. The van der Waals surface area contributed by atoms with Gasteiger partial charge in [-0.25, -0.2) is 4.79 Å². The monoisotopic (exact) mass is 238 g/mol. The zero-order valence-electron chi connectivity index (χ0n) is 11.0. The number of carbonyl (C=O) groups is 1. The second kappa shape index (κ2) is 9.85. The molecule has 0 saturated heterocycles. The topological polar surface area (TPSA) is 35.5 Å². The van der Waals surface area contributed by atoms with Crippen molar-refractivity contribution in [1.29, 1.82) is 0 Å². The number of methoxy groups -OCH3 is 1. The van der Waals surface area contributed by atoms with Crippen molar-refractivity contribution in [1.82, 2.24) is 0 Å². The first-order valence-electron chi connectivity index (χ1n) is 5.76. The molecule has 0 bridgehead atoms. The molecule has 0 saturated carbocycles. The van der Waals surface area contributed by atoms with Crippen LogP contribution in [0.25, 0.3) is 0 Å². The Kier molecular flexibility index (Phi) is 9.06. The van der Waals surface area contributed by atoms with Gasteiger partial charge < -0.3 is 9.47 Å². The Morgan fingerprint density at radius 1 is 1.35 bits per heavy atom. The third kappa shape index (κ3) is 6.74. The fourth-order valence-corrected chi connectivity index (χ4v) is 1.30. The molecule has 0 atom stereocenters. The lowest BCUT2D eigenvalue weighted by molar-refractivity contribution is -0.139. The fraction of sp³-hybridized carbons (Fsp3) is 0.500. The van der Waals surface area contributed by atoms with Gasteiger partial charge in [-0.05, 0) is 26.7 Å². The molecule has 0 aromatic carbocycles. The van der Waals surface area contributed by atoms with Crippen LogP contribution >= 0.6 is 0 Å². The standard InChI is InChI=1S/C14H22O3/c1-5-7-9-12(3)13(8-6-2)14(15)17-11-10-16-4/h5-6,8H,1,7,9-11H2,2-4H3. The van der Waals surface area contributed by atoms with Crippen molar-refractivity contribution in [3.05, 3.63) is 36.0 Å². The number of carbonyl (C=O) groups excluding carboxylic acids is 1. The minimum Gasteiger partial charge on any atom is -0.460 e. The average molecular weight is 238 g/mol. The average Bonchev–Trinajstić information content (AvgIpc) is 2.33. The molecule has 0 unspecified atom stereocenters. The van der Waals surface area contributed by atoms with Crippen LogP contribution in [-0.4, -0.2) is 26.3 Å². The SMILES string of the molecule is C=CCCC(C)=C(C=CC)C(=O)OCCOC. The van der Waals surface area contributed by atoms with E-state index in [2.05, 4.69) is 6.58 Å². The van der Waals surface area contributed by atoms with E-state index in [1.54, 1.807) is 13.2 Å². The maximum atomic E-state index is 11.8. The Bertz CT molecular complexity index is 301. The van der Waals surface area contributed by atoms with Gasteiger partial charge in [0.05, 0.1) is 12.2 Å². The first-order valence-corrected chi connectivity index (χ1v) is 5.76. The second-order valence-electron chi connectivity index (χ2n) is 3.65. The van der Waals surface area contributed by atoms with E-state index in [1.165, 1.54) is 0 Å². The first-order chi connectivity index (χ1) is 8.17. The summed E-state index contributed by atoms with van der Waals surface area (Å²) in [6.07, 6.45) is 7.14. The predicted molar refractivity (Wildman–Crippen MR) is 69.8 cm³/mol. The zero-order chi connectivity index (χ0) is 13.1. The Hall–Kier alpha value is -1.35. The van der Waals surface area contributed by atoms with Gasteiger partial charge >= 0.3 is 5.97 Å². The van der Waals surface area contributed by atoms with Crippen LogP contribution in [0.1, 0.15) is 26.7 Å². The summed E-state index contributed by atoms with van der Waals surface area (Å²) in [7, 11) is 1.58. The highest BCUT2D eigenvalue weighted by molar-refractivity contribution is 5.92. The zero-order valence-corrected chi connectivity index (χ0v) is 11.0. The first kappa shape index (κ1) is 15.7. The molecule has 0 aliphatic carbocycles. The van der Waals surface area contributed by atoms with Crippen LogP contribution in [-0.2, 0) is 14.3 Å². The third-order valence-corrected chi connectivity index (χ3v) is 2.26. The van der Waals surface area contributed by atoms with Crippen LogP contribution in [0.3, 0.4) is 0 Å². The molecule has 0 heterocycles. The summed E-state index contributed by atoms with van der Waals surface area (Å²) >= 11 is 0. The maximum Gasteiger partial charge on any atom is 0.338 e. The van der Waals surface area contributed by atoms with Crippen molar-refractivity contribution >= 4 is 5.97 Å². The summed E-state index contributed by atoms with van der Waals surface area (Å²) in [5.41, 5.74) is 1.65. The summed E-state index contributed by atoms with van der Waals surface area (Å²) < 4.78 is 9.93. The van der Waals surface area contributed by atoms with E-state index in [9.17, 15) is 4.79 Å². The van der Waals surface area contributed by atoms with Crippen molar-refractivity contribution in [2.24, 2.45) is 0 Å². The summed E-state index contributed by atoms with van der Waals surface area (Å²) in [5.74, 6) is -0.290. The van der Waals surface area contributed by atoms with Crippen molar-refractivity contribution in [3.63, 3.8) is 0 Å². The van der Waals surface area contributed by atoms with Gasteiger partial charge in [-0.15, -0.1) is 6.58 Å². The quantitative estimate of drug-likeness (QED) is 0.214. The Balaban J connectivity index is 4.59. The molecule has 3 heteroatoms. The molecule has 96 valence electrons. The number of ether oxygens (including phenoxy) is 2. The number of hydrogen-bond donors (Lipinski definition) is 0. The van der Waals surface area contributed by atoms with Gasteiger partial charge in [-0.2, -0.15) is 0 Å².